The highest BCUT2D eigenvalue weighted by Gasteiger charge is 2.67. The number of benzene rings is 1. The number of carbonyl (C=O) groups excluding carboxylic acids is 2. The van der Waals surface area contributed by atoms with Crippen molar-refractivity contribution in [2.24, 2.45) is 17.8 Å². The van der Waals surface area contributed by atoms with Crippen LogP contribution in [0.1, 0.15) is 40.0 Å². The summed E-state index contributed by atoms with van der Waals surface area (Å²) in [4.78, 5) is 28.3. The zero-order chi connectivity index (χ0) is 21.5. The Morgan fingerprint density at radius 1 is 1.33 bits per heavy atom. The predicted octanol–water partition coefficient (Wildman–Crippen LogP) is 3.31. The van der Waals surface area contributed by atoms with Crippen LogP contribution in [0, 0.1) is 17.8 Å². The molecule has 6 heteroatoms. The van der Waals surface area contributed by atoms with Crippen LogP contribution in [0.25, 0.3) is 0 Å². The van der Waals surface area contributed by atoms with E-state index in [0.717, 1.165) is 24.9 Å². The normalized spacial score (nSPS) is 30.1. The highest BCUT2D eigenvalue weighted by molar-refractivity contribution is 6.03. The van der Waals surface area contributed by atoms with Gasteiger partial charge in [-0.3, -0.25) is 9.59 Å². The summed E-state index contributed by atoms with van der Waals surface area (Å²) in [6.07, 6.45) is 6.78. The Hall–Kier alpha value is -2.34. The summed E-state index contributed by atoms with van der Waals surface area (Å²) in [6.45, 7) is 6.88. The summed E-state index contributed by atoms with van der Waals surface area (Å²) >= 11 is 0. The van der Waals surface area contributed by atoms with Gasteiger partial charge in [-0.15, -0.1) is 0 Å². The molecule has 2 fully saturated rings. The second kappa shape index (κ2) is 8.06. The molecule has 2 bridgehead atoms. The van der Waals surface area contributed by atoms with Gasteiger partial charge < -0.3 is 19.7 Å². The zero-order valence-electron chi connectivity index (χ0n) is 18.3. The molecule has 0 aliphatic carbocycles. The minimum absolute atomic E-state index is 0.0530. The third-order valence-corrected chi connectivity index (χ3v) is 6.58. The van der Waals surface area contributed by atoms with Gasteiger partial charge in [0.05, 0.1) is 31.6 Å². The number of rotatable bonds is 8. The molecular formula is C24H32N2O4. The van der Waals surface area contributed by atoms with Gasteiger partial charge in [0.25, 0.3) is 0 Å². The standard InChI is InChI=1S/C24H32N2O4/c1-15(2)7-5-8-16(3)25-22(27)20-19-11-12-24(30-19)14-26(23(28)21(20)24)17-9-6-10-18(13-17)29-4/h6,9-13,15-16,19-21H,5,7-8,14H2,1-4H3,(H,25,27)/t16-,19-,20+,21-,24+/m0/s1. The van der Waals surface area contributed by atoms with Gasteiger partial charge >= 0.3 is 0 Å². The first kappa shape index (κ1) is 20.9. The van der Waals surface area contributed by atoms with Crippen molar-refractivity contribution in [2.75, 3.05) is 18.6 Å². The van der Waals surface area contributed by atoms with Gasteiger partial charge in [-0.1, -0.05) is 44.9 Å². The van der Waals surface area contributed by atoms with E-state index in [1.54, 1.807) is 12.0 Å². The van der Waals surface area contributed by atoms with Gasteiger partial charge in [0, 0.05) is 17.8 Å². The van der Waals surface area contributed by atoms with Gasteiger partial charge in [-0.25, -0.2) is 0 Å². The second-order valence-electron chi connectivity index (χ2n) is 9.26. The van der Waals surface area contributed by atoms with Crippen molar-refractivity contribution in [3.05, 3.63) is 36.4 Å². The summed E-state index contributed by atoms with van der Waals surface area (Å²) in [5.74, 6) is 0.264. The van der Waals surface area contributed by atoms with Gasteiger partial charge in [0.2, 0.25) is 11.8 Å². The smallest absolute Gasteiger partial charge is 0.234 e. The molecular weight excluding hydrogens is 380 g/mol. The van der Waals surface area contributed by atoms with Crippen LogP contribution < -0.4 is 15.0 Å². The number of hydrogen-bond acceptors (Lipinski definition) is 4. The van der Waals surface area contributed by atoms with E-state index in [1.165, 1.54) is 0 Å². The number of ether oxygens (including phenoxy) is 2. The predicted molar refractivity (Wildman–Crippen MR) is 115 cm³/mol. The fourth-order valence-corrected chi connectivity index (χ4v) is 5.04. The summed E-state index contributed by atoms with van der Waals surface area (Å²) in [7, 11) is 1.61. The molecule has 6 nitrogen and oxygen atoms in total. The second-order valence-corrected chi connectivity index (χ2v) is 9.26. The lowest BCUT2D eigenvalue weighted by molar-refractivity contribution is -0.132. The molecule has 3 aliphatic rings. The highest BCUT2D eigenvalue weighted by atomic mass is 16.5. The van der Waals surface area contributed by atoms with Crippen molar-refractivity contribution in [3.8, 4) is 5.75 Å². The Kier molecular flexibility index (Phi) is 5.62. The molecule has 4 rings (SSSR count). The van der Waals surface area contributed by atoms with E-state index >= 15 is 0 Å². The minimum Gasteiger partial charge on any atom is -0.497 e. The molecule has 0 aromatic heterocycles. The summed E-state index contributed by atoms with van der Waals surface area (Å²) in [6, 6.07) is 7.53. The Morgan fingerprint density at radius 3 is 2.87 bits per heavy atom. The first-order valence-corrected chi connectivity index (χ1v) is 11.0. The first-order chi connectivity index (χ1) is 14.3. The maximum Gasteiger partial charge on any atom is 0.234 e. The van der Waals surface area contributed by atoms with Crippen LogP contribution in [0.3, 0.4) is 0 Å². The largest absolute Gasteiger partial charge is 0.497 e. The van der Waals surface area contributed by atoms with E-state index in [0.29, 0.717) is 18.2 Å². The maximum atomic E-state index is 13.4. The van der Waals surface area contributed by atoms with E-state index in [-0.39, 0.29) is 24.0 Å². The lowest BCUT2D eigenvalue weighted by Gasteiger charge is -2.25. The molecule has 0 unspecified atom stereocenters. The fraction of sp³-hybridized carbons (Fsp3) is 0.583. The Bertz CT molecular complexity index is 851. The van der Waals surface area contributed by atoms with E-state index in [2.05, 4.69) is 19.2 Å². The van der Waals surface area contributed by atoms with E-state index in [1.807, 2.05) is 43.3 Å². The number of nitrogens with one attached hydrogen (secondary N) is 1. The molecule has 0 saturated carbocycles. The first-order valence-electron chi connectivity index (χ1n) is 11.0. The van der Waals surface area contributed by atoms with Crippen LogP contribution in [-0.2, 0) is 14.3 Å². The number of carbonyl (C=O) groups is 2. The molecule has 2 saturated heterocycles. The fourth-order valence-electron chi connectivity index (χ4n) is 5.04. The lowest BCUT2D eigenvalue weighted by atomic mass is 9.76. The zero-order valence-corrected chi connectivity index (χ0v) is 18.3. The van der Waals surface area contributed by atoms with Crippen molar-refractivity contribution in [3.63, 3.8) is 0 Å². The Morgan fingerprint density at radius 2 is 2.13 bits per heavy atom. The van der Waals surface area contributed by atoms with E-state index in [9.17, 15) is 9.59 Å². The third kappa shape index (κ3) is 3.62. The number of fused-ring (bicyclic) bond motifs is 1. The van der Waals surface area contributed by atoms with Crippen molar-refractivity contribution >= 4 is 17.5 Å². The Balaban J connectivity index is 1.48. The van der Waals surface area contributed by atoms with E-state index < -0.39 is 17.4 Å². The van der Waals surface area contributed by atoms with E-state index in [4.69, 9.17) is 9.47 Å². The third-order valence-electron chi connectivity index (χ3n) is 6.58. The number of methoxy groups -OCH3 is 1. The molecule has 5 atom stereocenters. The van der Waals surface area contributed by atoms with Crippen LogP contribution in [0.4, 0.5) is 5.69 Å². The summed E-state index contributed by atoms with van der Waals surface area (Å²) in [5, 5.41) is 3.14. The average Bonchev–Trinajstić information content (AvgIpc) is 3.36. The number of nitrogens with zero attached hydrogens (tertiary/aromatic N) is 1. The van der Waals surface area contributed by atoms with Gasteiger partial charge in [-0.05, 0) is 31.4 Å². The number of anilines is 1. The SMILES string of the molecule is COc1cccc(N2C[C@@]34C=C[C@H](O3)[C@@H](C(=O)N[C@@H](C)CCCC(C)C)[C@H]4C2=O)c1. The van der Waals surface area contributed by atoms with Crippen molar-refractivity contribution in [1.82, 2.24) is 5.32 Å². The average molecular weight is 413 g/mol. The molecule has 1 spiro atoms. The van der Waals surface area contributed by atoms with Crippen LogP contribution >= 0.6 is 0 Å². The highest BCUT2D eigenvalue weighted by Crippen LogP contribution is 2.52. The molecule has 1 aromatic carbocycles. The van der Waals surface area contributed by atoms with Crippen LogP contribution in [-0.4, -0.2) is 43.2 Å². The molecule has 1 aromatic rings. The van der Waals surface area contributed by atoms with Crippen molar-refractivity contribution in [2.45, 2.75) is 57.8 Å². The molecule has 1 N–H and O–H groups in total. The summed E-state index contributed by atoms with van der Waals surface area (Å²) < 4.78 is 11.5. The van der Waals surface area contributed by atoms with Gasteiger partial charge in [0.1, 0.15) is 11.4 Å². The maximum absolute atomic E-state index is 13.4. The number of amides is 2. The van der Waals surface area contributed by atoms with Gasteiger partial charge in [0.15, 0.2) is 0 Å². The molecule has 30 heavy (non-hydrogen) atoms. The monoisotopic (exact) mass is 412 g/mol. The quantitative estimate of drug-likeness (QED) is 0.665. The number of hydrogen-bond donors (Lipinski definition) is 1. The molecule has 162 valence electrons. The van der Waals surface area contributed by atoms with Crippen LogP contribution in [0.2, 0.25) is 0 Å². The van der Waals surface area contributed by atoms with Crippen LogP contribution in [0.15, 0.2) is 36.4 Å². The minimum atomic E-state index is -0.715. The van der Waals surface area contributed by atoms with Crippen molar-refractivity contribution < 1.29 is 19.1 Å². The lowest BCUT2D eigenvalue weighted by Crippen LogP contribution is -2.46. The summed E-state index contributed by atoms with van der Waals surface area (Å²) in [5.41, 5.74) is 0.0538. The molecule has 3 aliphatic heterocycles. The van der Waals surface area contributed by atoms with Gasteiger partial charge in [-0.2, -0.15) is 0 Å². The Labute approximate surface area is 178 Å². The van der Waals surface area contributed by atoms with Crippen molar-refractivity contribution in [1.29, 1.82) is 0 Å². The molecule has 2 amide bonds. The topological polar surface area (TPSA) is 67.9 Å². The molecule has 0 radical (unpaired) electrons. The van der Waals surface area contributed by atoms with Crippen LogP contribution in [0.5, 0.6) is 5.75 Å². The molecule has 3 heterocycles.